The Morgan fingerprint density at radius 1 is 1.10 bits per heavy atom. The molecule has 1 aliphatic rings. The molecule has 2 N–H and O–H groups in total. The molecule has 1 atom stereocenters. The van der Waals surface area contributed by atoms with Crippen LogP contribution in [0.5, 0.6) is 0 Å². The third-order valence-electron chi connectivity index (χ3n) is 4.46. The van der Waals surface area contributed by atoms with Gasteiger partial charge in [0.25, 0.3) is 0 Å². The highest BCUT2D eigenvalue weighted by Gasteiger charge is 2.21. The van der Waals surface area contributed by atoms with Crippen molar-refractivity contribution in [1.29, 1.82) is 0 Å². The van der Waals surface area contributed by atoms with E-state index in [0.717, 1.165) is 35.7 Å². The van der Waals surface area contributed by atoms with Crippen LogP contribution in [0, 0.1) is 13.8 Å². The lowest BCUT2D eigenvalue weighted by Crippen LogP contribution is -2.31. The van der Waals surface area contributed by atoms with Crippen molar-refractivity contribution in [3.05, 3.63) is 53.0 Å². The predicted molar refractivity (Wildman–Crippen MR) is 86.7 cm³/mol. The summed E-state index contributed by atoms with van der Waals surface area (Å²) in [4.78, 5) is 2.46. The molecule has 2 aromatic rings. The molecule has 0 saturated carbocycles. The molecule has 0 spiro atoms. The number of anilines is 1. The van der Waals surface area contributed by atoms with Crippen LogP contribution in [0.1, 0.15) is 48.0 Å². The van der Waals surface area contributed by atoms with Crippen LogP contribution in [0.15, 0.2) is 34.7 Å². The standard InChI is InChI=1S/C18H24N2O/c1-13-12-17(21-14(13)2)18(19)15-8-4-5-9-16(15)20-10-6-3-7-11-20/h4-5,8-9,12,18H,3,6-7,10-11,19H2,1-2H3. The maximum Gasteiger partial charge on any atom is 0.125 e. The average Bonchev–Trinajstić information content (AvgIpc) is 2.87. The first-order valence-electron chi connectivity index (χ1n) is 7.83. The molecule has 0 amide bonds. The Kier molecular flexibility index (Phi) is 4.02. The monoisotopic (exact) mass is 284 g/mol. The van der Waals surface area contributed by atoms with Gasteiger partial charge in [-0.2, -0.15) is 0 Å². The number of hydrogen-bond acceptors (Lipinski definition) is 3. The van der Waals surface area contributed by atoms with E-state index in [9.17, 15) is 0 Å². The summed E-state index contributed by atoms with van der Waals surface area (Å²) in [5.74, 6) is 1.81. The maximum absolute atomic E-state index is 6.49. The van der Waals surface area contributed by atoms with Gasteiger partial charge in [-0.25, -0.2) is 0 Å². The van der Waals surface area contributed by atoms with Crippen LogP contribution < -0.4 is 10.6 Å². The van der Waals surface area contributed by atoms with Gasteiger partial charge in [0.05, 0.1) is 6.04 Å². The summed E-state index contributed by atoms with van der Waals surface area (Å²) in [5.41, 5.74) is 10.1. The van der Waals surface area contributed by atoms with E-state index in [1.54, 1.807) is 0 Å². The Labute approximate surface area is 126 Å². The number of hydrogen-bond donors (Lipinski definition) is 1. The zero-order chi connectivity index (χ0) is 14.8. The van der Waals surface area contributed by atoms with E-state index in [2.05, 4.69) is 42.2 Å². The Morgan fingerprint density at radius 2 is 1.81 bits per heavy atom. The number of aryl methyl sites for hydroxylation is 2. The molecule has 21 heavy (non-hydrogen) atoms. The fourth-order valence-corrected chi connectivity index (χ4v) is 3.08. The van der Waals surface area contributed by atoms with Crippen molar-refractivity contribution in [2.75, 3.05) is 18.0 Å². The summed E-state index contributed by atoms with van der Waals surface area (Å²) in [6.07, 6.45) is 3.87. The number of nitrogens with two attached hydrogens (primary N) is 1. The number of furan rings is 1. The molecular weight excluding hydrogens is 260 g/mol. The third kappa shape index (κ3) is 2.84. The predicted octanol–water partition coefficient (Wildman–Crippen LogP) is 3.93. The van der Waals surface area contributed by atoms with Crippen LogP contribution in [0.25, 0.3) is 0 Å². The maximum atomic E-state index is 6.49. The highest BCUT2D eigenvalue weighted by atomic mass is 16.3. The first-order chi connectivity index (χ1) is 10.2. The fourth-order valence-electron chi connectivity index (χ4n) is 3.08. The van der Waals surface area contributed by atoms with Crippen molar-refractivity contribution in [2.45, 2.75) is 39.2 Å². The third-order valence-corrected chi connectivity index (χ3v) is 4.46. The number of nitrogens with zero attached hydrogens (tertiary/aromatic N) is 1. The van der Waals surface area contributed by atoms with Crippen LogP contribution in [-0.4, -0.2) is 13.1 Å². The minimum absolute atomic E-state index is 0.199. The van der Waals surface area contributed by atoms with Gasteiger partial charge in [0, 0.05) is 18.8 Å². The summed E-state index contributed by atoms with van der Waals surface area (Å²) < 4.78 is 5.83. The molecule has 1 unspecified atom stereocenters. The van der Waals surface area contributed by atoms with Crippen molar-refractivity contribution in [3.63, 3.8) is 0 Å². The minimum atomic E-state index is -0.199. The van der Waals surface area contributed by atoms with E-state index in [-0.39, 0.29) is 6.04 Å². The Balaban J connectivity index is 1.94. The topological polar surface area (TPSA) is 42.4 Å². The van der Waals surface area contributed by atoms with E-state index in [0.29, 0.717) is 0 Å². The van der Waals surface area contributed by atoms with Gasteiger partial charge in [-0.05, 0) is 56.4 Å². The van der Waals surface area contributed by atoms with Gasteiger partial charge < -0.3 is 15.1 Å². The zero-order valence-corrected chi connectivity index (χ0v) is 12.9. The molecule has 1 saturated heterocycles. The summed E-state index contributed by atoms with van der Waals surface area (Å²) in [5, 5.41) is 0. The Hall–Kier alpha value is -1.74. The quantitative estimate of drug-likeness (QED) is 0.928. The Bertz CT molecular complexity index is 592. The van der Waals surface area contributed by atoms with Crippen molar-refractivity contribution >= 4 is 5.69 Å². The Morgan fingerprint density at radius 3 is 2.48 bits per heavy atom. The average molecular weight is 284 g/mol. The van der Waals surface area contributed by atoms with E-state index >= 15 is 0 Å². The van der Waals surface area contributed by atoms with E-state index in [1.165, 1.54) is 24.9 Å². The van der Waals surface area contributed by atoms with Crippen LogP contribution in [0.2, 0.25) is 0 Å². The number of para-hydroxylation sites is 1. The van der Waals surface area contributed by atoms with Crippen molar-refractivity contribution in [3.8, 4) is 0 Å². The van der Waals surface area contributed by atoms with Gasteiger partial charge in [0.15, 0.2) is 0 Å². The molecular formula is C18H24N2O. The lowest BCUT2D eigenvalue weighted by atomic mass is 10.0. The van der Waals surface area contributed by atoms with Crippen molar-refractivity contribution < 1.29 is 4.42 Å². The molecule has 0 radical (unpaired) electrons. The second-order valence-electron chi connectivity index (χ2n) is 5.97. The number of piperidine rings is 1. The summed E-state index contributed by atoms with van der Waals surface area (Å²) in [6, 6.07) is 10.3. The number of rotatable bonds is 3. The summed E-state index contributed by atoms with van der Waals surface area (Å²) >= 11 is 0. The lowest BCUT2D eigenvalue weighted by Gasteiger charge is -2.31. The van der Waals surface area contributed by atoms with E-state index in [1.807, 2.05) is 6.92 Å². The molecule has 1 aliphatic heterocycles. The summed E-state index contributed by atoms with van der Waals surface area (Å²) in [6.45, 7) is 6.30. The molecule has 0 bridgehead atoms. The molecule has 2 heterocycles. The lowest BCUT2D eigenvalue weighted by molar-refractivity contribution is 0.464. The van der Waals surface area contributed by atoms with Gasteiger partial charge >= 0.3 is 0 Å². The van der Waals surface area contributed by atoms with Crippen molar-refractivity contribution in [2.24, 2.45) is 5.73 Å². The van der Waals surface area contributed by atoms with Gasteiger partial charge in [-0.15, -0.1) is 0 Å². The molecule has 3 nitrogen and oxygen atoms in total. The zero-order valence-electron chi connectivity index (χ0n) is 12.9. The SMILES string of the molecule is Cc1cc(C(N)c2ccccc2N2CCCCC2)oc1C. The first kappa shape index (κ1) is 14.2. The second kappa shape index (κ2) is 5.94. The van der Waals surface area contributed by atoms with Crippen LogP contribution in [-0.2, 0) is 0 Å². The molecule has 3 heteroatoms. The van der Waals surface area contributed by atoms with E-state index in [4.69, 9.17) is 10.2 Å². The van der Waals surface area contributed by atoms with Gasteiger partial charge in [-0.3, -0.25) is 0 Å². The van der Waals surface area contributed by atoms with Crippen LogP contribution in [0.4, 0.5) is 5.69 Å². The molecule has 3 rings (SSSR count). The first-order valence-corrected chi connectivity index (χ1v) is 7.83. The normalized spacial score (nSPS) is 17.0. The van der Waals surface area contributed by atoms with Gasteiger partial charge in [0.1, 0.15) is 11.5 Å². The minimum Gasteiger partial charge on any atom is -0.464 e. The molecule has 1 aromatic heterocycles. The van der Waals surface area contributed by atoms with Crippen LogP contribution >= 0.6 is 0 Å². The highest BCUT2D eigenvalue weighted by molar-refractivity contribution is 5.56. The molecule has 1 fully saturated rings. The second-order valence-corrected chi connectivity index (χ2v) is 5.97. The fraction of sp³-hybridized carbons (Fsp3) is 0.444. The molecule has 1 aromatic carbocycles. The van der Waals surface area contributed by atoms with E-state index < -0.39 is 0 Å². The van der Waals surface area contributed by atoms with Crippen molar-refractivity contribution in [1.82, 2.24) is 0 Å². The molecule has 0 aliphatic carbocycles. The smallest absolute Gasteiger partial charge is 0.125 e. The number of benzene rings is 1. The van der Waals surface area contributed by atoms with Gasteiger partial charge in [-0.1, -0.05) is 18.2 Å². The highest BCUT2D eigenvalue weighted by Crippen LogP contribution is 2.32. The largest absolute Gasteiger partial charge is 0.464 e. The summed E-state index contributed by atoms with van der Waals surface area (Å²) in [7, 11) is 0. The van der Waals surface area contributed by atoms with Crippen LogP contribution in [0.3, 0.4) is 0 Å². The van der Waals surface area contributed by atoms with Gasteiger partial charge in [0.2, 0.25) is 0 Å². The molecule has 112 valence electrons.